The van der Waals surface area contributed by atoms with Crippen molar-refractivity contribution in [1.82, 2.24) is 0 Å². The third kappa shape index (κ3) is 2.42. The van der Waals surface area contributed by atoms with Crippen LogP contribution in [0, 0.1) is 0 Å². The van der Waals surface area contributed by atoms with Gasteiger partial charge < -0.3 is 5.32 Å². The molecule has 0 radical (unpaired) electrons. The number of para-hydroxylation sites is 1. The van der Waals surface area contributed by atoms with Crippen LogP contribution >= 0.6 is 0 Å². The lowest BCUT2D eigenvalue weighted by molar-refractivity contribution is 0.835. The number of nitrogens with one attached hydrogen (secondary N) is 1. The van der Waals surface area contributed by atoms with Gasteiger partial charge in [-0.25, -0.2) is 0 Å². The van der Waals surface area contributed by atoms with Crippen molar-refractivity contribution < 1.29 is 0 Å². The molecule has 0 aliphatic rings. The van der Waals surface area contributed by atoms with Gasteiger partial charge in [0.1, 0.15) is 0 Å². The molecule has 1 rings (SSSR count). The summed E-state index contributed by atoms with van der Waals surface area (Å²) in [5.74, 6) is 0. The van der Waals surface area contributed by atoms with Crippen molar-refractivity contribution in [1.29, 1.82) is 0 Å². The maximum absolute atomic E-state index is 3.77. The average Bonchev–Trinajstić information content (AvgIpc) is 2.16. The van der Waals surface area contributed by atoms with E-state index >= 15 is 0 Å². The molecule has 1 nitrogen and oxygen atoms in total. The Balaban J connectivity index is 2.56. The summed E-state index contributed by atoms with van der Waals surface area (Å²) < 4.78 is 0. The van der Waals surface area contributed by atoms with E-state index in [9.17, 15) is 0 Å². The van der Waals surface area contributed by atoms with E-state index in [-0.39, 0.29) is 0 Å². The minimum absolute atomic E-state index is 0.382. The van der Waals surface area contributed by atoms with E-state index in [4.69, 9.17) is 0 Å². The van der Waals surface area contributed by atoms with E-state index in [1.165, 1.54) is 0 Å². The number of anilines is 1. The molecule has 64 valence electrons. The summed E-state index contributed by atoms with van der Waals surface area (Å²) in [5, 5.41) is 3.36. The van der Waals surface area contributed by atoms with Crippen LogP contribution in [0.5, 0.6) is 0 Å². The van der Waals surface area contributed by atoms with Crippen molar-refractivity contribution in [2.24, 2.45) is 0 Å². The van der Waals surface area contributed by atoms with Gasteiger partial charge in [-0.3, -0.25) is 0 Å². The summed E-state index contributed by atoms with van der Waals surface area (Å²) in [6.45, 7) is 5.91. The van der Waals surface area contributed by atoms with Crippen LogP contribution < -0.4 is 5.32 Å². The Morgan fingerprint density at radius 2 is 2.08 bits per heavy atom. The first kappa shape index (κ1) is 8.85. The Kier molecular flexibility index (Phi) is 3.39. The highest BCUT2D eigenvalue weighted by Gasteiger charge is 1.98. The first-order valence-electron chi connectivity index (χ1n) is 4.31. The molecule has 0 saturated carbocycles. The van der Waals surface area contributed by atoms with Crippen LogP contribution in [0.1, 0.15) is 13.3 Å². The Hall–Kier alpha value is -1.24. The number of hydrogen-bond donors (Lipinski definition) is 1. The first-order valence-corrected chi connectivity index (χ1v) is 4.31. The van der Waals surface area contributed by atoms with Gasteiger partial charge in [0.15, 0.2) is 0 Å². The Morgan fingerprint density at radius 3 is 2.58 bits per heavy atom. The van der Waals surface area contributed by atoms with Gasteiger partial charge in [-0.1, -0.05) is 31.2 Å². The SMILES string of the molecule is C=CC(CC)Nc1ccccc1. The van der Waals surface area contributed by atoms with E-state index < -0.39 is 0 Å². The van der Waals surface area contributed by atoms with Crippen LogP contribution in [-0.4, -0.2) is 6.04 Å². The van der Waals surface area contributed by atoms with Crippen molar-refractivity contribution in [3.05, 3.63) is 43.0 Å². The van der Waals surface area contributed by atoms with Crippen molar-refractivity contribution in [3.63, 3.8) is 0 Å². The molecule has 1 aromatic carbocycles. The van der Waals surface area contributed by atoms with Gasteiger partial charge in [-0.15, -0.1) is 6.58 Å². The summed E-state index contributed by atoms with van der Waals surface area (Å²) >= 11 is 0. The van der Waals surface area contributed by atoms with Gasteiger partial charge in [0.25, 0.3) is 0 Å². The van der Waals surface area contributed by atoms with Crippen LogP contribution in [-0.2, 0) is 0 Å². The highest BCUT2D eigenvalue weighted by atomic mass is 14.9. The summed E-state index contributed by atoms with van der Waals surface area (Å²) in [6.07, 6.45) is 3.01. The number of hydrogen-bond acceptors (Lipinski definition) is 1. The summed E-state index contributed by atoms with van der Waals surface area (Å²) in [4.78, 5) is 0. The molecule has 0 amide bonds. The molecular weight excluding hydrogens is 146 g/mol. The molecular formula is C11H15N. The zero-order valence-corrected chi connectivity index (χ0v) is 7.46. The standard InChI is InChI=1S/C11H15N/c1-3-10(4-2)12-11-8-6-5-7-9-11/h3,5-10,12H,1,4H2,2H3. The largest absolute Gasteiger partial charge is 0.379 e. The van der Waals surface area contributed by atoms with E-state index in [1.807, 2.05) is 24.3 Å². The number of rotatable bonds is 4. The Labute approximate surface area is 74.1 Å². The lowest BCUT2D eigenvalue weighted by atomic mass is 10.2. The monoisotopic (exact) mass is 161 g/mol. The lowest BCUT2D eigenvalue weighted by Gasteiger charge is -2.13. The Bertz CT molecular complexity index is 228. The van der Waals surface area contributed by atoms with Gasteiger partial charge in [-0.2, -0.15) is 0 Å². The topological polar surface area (TPSA) is 12.0 Å². The van der Waals surface area contributed by atoms with Crippen LogP contribution in [0.3, 0.4) is 0 Å². The second kappa shape index (κ2) is 4.60. The summed E-state index contributed by atoms with van der Waals surface area (Å²) in [7, 11) is 0. The van der Waals surface area contributed by atoms with Crippen LogP contribution in [0.2, 0.25) is 0 Å². The third-order valence-corrected chi connectivity index (χ3v) is 1.85. The third-order valence-electron chi connectivity index (χ3n) is 1.85. The molecule has 1 unspecified atom stereocenters. The molecule has 0 heterocycles. The highest BCUT2D eigenvalue weighted by molar-refractivity contribution is 5.44. The minimum atomic E-state index is 0.382. The molecule has 0 aliphatic heterocycles. The molecule has 1 atom stereocenters. The molecule has 12 heavy (non-hydrogen) atoms. The summed E-state index contributed by atoms with van der Waals surface area (Å²) in [5.41, 5.74) is 1.16. The van der Waals surface area contributed by atoms with Gasteiger partial charge in [0, 0.05) is 11.7 Å². The van der Waals surface area contributed by atoms with E-state index in [0.29, 0.717) is 6.04 Å². The van der Waals surface area contributed by atoms with E-state index in [0.717, 1.165) is 12.1 Å². The molecule has 1 heteroatoms. The molecule has 0 spiro atoms. The maximum atomic E-state index is 3.77. The van der Waals surface area contributed by atoms with Crippen LogP contribution in [0.4, 0.5) is 5.69 Å². The predicted molar refractivity (Wildman–Crippen MR) is 54.3 cm³/mol. The molecule has 0 aromatic heterocycles. The molecule has 0 aliphatic carbocycles. The second-order valence-electron chi connectivity index (χ2n) is 2.76. The van der Waals surface area contributed by atoms with Crippen molar-refractivity contribution >= 4 is 5.69 Å². The lowest BCUT2D eigenvalue weighted by Crippen LogP contribution is -2.14. The average molecular weight is 161 g/mol. The zero-order valence-electron chi connectivity index (χ0n) is 7.46. The molecule has 0 fully saturated rings. The fraction of sp³-hybridized carbons (Fsp3) is 0.273. The van der Waals surface area contributed by atoms with Gasteiger partial charge in [0.2, 0.25) is 0 Å². The first-order chi connectivity index (χ1) is 5.86. The van der Waals surface area contributed by atoms with Crippen LogP contribution in [0.15, 0.2) is 43.0 Å². The molecule has 1 aromatic rings. The quantitative estimate of drug-likeness (QED) is 0.669. The Morgan fingerprint density at radius 1 is 1.42 bits per heavy atom. The van der Waals surface area contributed by atoms with Crippen molar-refractivity contribution in [2.75, 3.05) is 5.32 Å². The van der Waals surface area contributed by atoms with Crippen LogP contribution in [0.25, 0.3) is 0 Å². The fourth-order valence-corrected chi connectivity index (χ4v) is 1.08. The van der Waals surface area contributed by atoms with E-state index in [2.05, 4.69) is 31.0 Å². The molecule has 1 N–H and O–H groups in total. The zero-order chi connectivity index (χ0) is 8.81. The minimum Gasteiger partial charge on any atom is -0.379 e. The van der Waals surface area contributed by atoms with Gasteiger partial charge in [0.05, 0.1) is 0 Å². The maximum Gasteiger partial charge on any atom is 0.0439 e. The molecule has 0 bridgehead atoms. The van der Waals surface area contributed by atoms with Crippen molar-refractivity contribution in [3.8, 4) is 0 Å². The molecule has 0 saturated heterocycles. The highest BCUT2D eigenvalue weighted by Crippen LogP contribution is 2.08. The van der Waals surface area contributed by atoms with Gasteiger partial charge >= 0.3 is 0 Å². The van der Waals surface area contributed by atoms with Crippen molar-refractivity contribution in [2.45, 2.75) is 19.4 Å². The van der Waals surface area contributed by atoms with E-state index in [1.54, 1.807) is 0 Å². The van der Waals surface area contributed by atoms with Gasteiger partial charge in [-0.05, 0) is 18.6 Å². The fourth-order valence-electron chi connectivity index (χ4n) is 1.08. The normalized spacial score (nSPS) is 12.1. The second-order valence-corrected chi connectivity index (χ2v) is 2.76. The predicted octanol–water partition coefficient (Wildman–Crippen LogP) is 3.06. The summed E-state index contributed by atoms with van der Waals surface area (Å²) in [6, 6.07) is 10.6. The number of benzene rings is 1. The smallest absolute Gasteiger partial charge is 0.0439 e.